The molecule has 0 fully saturated rings. The van der Waals surface area contributed by atoms with Gasteiger partial charge in [0.25, 0.3) is 0 Å². The van der Waals surface area contributed by atoms with E-state index in [1.54, 1.807) is 6.07 Å². The second-order valence-electron chi connectivity index (χ2n) is 5.48. The maximum atomic E-state index is 12.0. The van der Waals surface area contributed by atoms with Gasteiger partial charge in [0.15, 0.2) is 0 Å². The van der Waals surface area contributed by atoms with Gasteiger partial charge in [-0.15, -0.1) is 0 Å². The molecule has 0 saturated carbocycles. The monoisotopic (exact) mass is 324 g/mol. The summed E-state index contributed by atoms with van der Waals surface area (Å²) in [6, 6.07) is 22.4. The highest BCUT2D eigenvalue weighted by molar-refractivity contribution is 7.60. The van der Waals surface area contributed by atoms with E-state index in [9.17, 15) is 14.4 Å². The number of rotatable bonds is 3. The molecule has 0 aromatic heterocycles. The summed E-state index contributed by atoms with van der Waals surface area (Å²) in [6.07, 6.45) is 0. The van der Waals surface area contributed by atoms with Crippen LogP contribution in [0.5, 0.6) is 0 Å². The maximum Gasteiger partial charge on any atom is 0.356 e. The van der Waals surface area contributed by atoms with Crippen LogP contribution >= 0.6 is 7.60 Å². The van der Waals surface area contributed by atoms with Gasteiger partial charge in [0.1, 0.15) is 0 Å². The van der Waals surface area contributed by atoms with Crippen molar-refractivity contribution in [3.8, 4) is 22.3 Å². The molecule has 3 nitrogen and oxygen atoms in total. The lowest BCUT2D eigenvalue weighted by atomic mass is 9.94. The SMILES string of the molecule is Cc1ccc(-c2c(-c3ccccc3)cccc2P(=O)(O)O)cc1. The van der Waals surface area contributed by atoms with Crippen molar-refractivity contribution < 1.29 is 14.4 Å². The first-order valence-corrected chi connectivity index (χ1v) is 8.89. The van der Waals surface area contributed by atoms with E-state index >= 15 is 0 Å². The standard InChI is InChI=1S/C19H17O3P/c1-14-10-12-16(13-11-14)19-17(15-6-3-2-4-7-15)8-5-9-18(19)23(20,21)22/h2-13H,1H3,(H2,20,21,22). The third-order valence-electron chi connectivity index (χ3n) is 3.78. The number of hydrogen-bond acceptors (Lipinski definition) is 1. The molecule has 0 aliphatic rings. The largest absolute Gasteiger partial charge is 0.356 e. The normalized spacial score (nSPS) is 11.4. The predicted molar refractivity (Wildman–Crippen MR) is 93.7 cm³/mol. The minimum absolute atomic E-state index is 0.0581. The fraction of sp³-hybridized carbons (Fsp3) is 0.0526. The van der Waals surface area contributed by atoms with Gasteiger partial charge in [-0.1, -0.05) is 72.3 Å². The second kappa shape index (κ2) is 6.13. The summed E-state index contributed by atoms with van der Waals surface area (Å²) in [6.45, 7) is 1.98. The maximum absolute atomic E-state index is 12.0. The summed E-state index contributed by atoms with van der Waals surface area (Å²) in [5, 5.41) is 0.0581. The molecule has 0 bridgehead atoms. The fourth-order valence-corrected chi connectivity index (χ4v) is 3.49. The van der Waals surface area contributed by atoms with Gasteiger partial charge >= 0.3 is 7.60 Å². The van der Waals surface area contributed by atoms with Gasteiger partial charge < -0.3 is 9.79 Å². The Kier molecular flexibility index (Phi) is 4.18. The van der Waals surface area contributed by atoms with Crippen LogP contribution in [0.25, 0.3) is 22.3 Å². The highest BCUT2D eigenvalue weighted by atomic mass is 31.2. The summed E-state index contributed by atoms with van der Waals surface area (Å²) in [5.74, 6) is 0. The Morgan fingerprint density at radius 1 is 0.739 bits per heavy atom. The number of aryl methyl sites for hydroxylation is 1. The lowest BCUT2D eigenvalue weighted by Gasteiger charge is -2.16. The first-order valence-electron chi connectivity index (χ1n) is 7.28. The lowest BCUT2D eigenvalue weighted by Crippen LogP contribution is -2.09. The molecule has 3 aromatic carbocycles. The van der Waals surface area contributed by atoms with Gasteiger partial charge in [-0.05, 0) is 29.7 Å². The Bertz CT molecular complexity index is 865. The van der Waals surface area contributed by atoms with Crippen molar-refractivity contribution in [2.75, 3.05) is 0 Å². The molecule has 3 aromatic rings. The third kappa shape index (κ3) is 3.27. The van der Waals surface area contributed by atoms with Crippen LogP contribution in [0.1, 0.15) is 5.56 Å². The minimum atomic E-state index is -4.38. The molecule has 2 N–H and O–H groups in total. The van der Waals surface area contributed by atoms with Crippen LogP contribution in [0.15, 0.2) is 72.8 Å². The van der Waals surface area contributed by atoms with Crippen molar-refractivity contribution in [1.29, 1.82) is 0 Å². The highest BCUT2D eigenvalue weighted by Crippen LogP contribution is 2.41. The van der Waals surface area contributed by atoms with E-state index in [-0.39, 0.29) is 5.30 Å². The van der Waals surface area contributed by atoms with Crippen molar-refractivity contribution in [1.82, 2.24) is 0 Å². The Balaban J connectivity index is 2.33. The van der Waals surface area contributed by atoms with Crippen molar-refractivity contribution in [2.45, 2.75) is 6.92 Å². The summed E-state index contributed by atoms with van der Waals surface area (Å²) in [7, 11) is -4.38. The first kappa shape index (κ1) is 15.7. The van der Waals surface area contributed by atoms with Crippen LogP contribution in [0.4, 0.5) is 0 Å². The molecule has 4 heteroatoms. The Morgan fingerprint density at radius 2 is 1.39 bits per heavy atom. The quantitative estimate of drug-likeness (QED) is 0.712. The van der Waals surface area contributed by atoms with E-state index in [4.69, 9.17) is 0 Å². The smallest absolute Gasteiger partial charge is 0.321 e. The highest BCUT2D eigenvalue weighted by Gasteiger charge is 2.24. The van der Waals surface area contributed by atoms with Gasteiger partial charge in [-0.25, -0.2) is 0 Å². The molecule has 0 unspecified atom stereocenters. The predicted octanol–water partition coefficient (Wildman–Crippen LogP) is 4.13. The molecule has 0 atom stereocenters. The van der Waals surface area contributed by atoms with Crippen LogP contribution in [-0.2, 0) is 4.57 Å². The van der Waals surface area contributed by atoms with Crippen LogP contribution in [0.3, 0.4) is 0 Å². The molecular weight excluding hydrogens is 307 g/mol. The third-order valence-corrected chi connectivity index (χ3v) is 4.78. The molecule has 0 saturated heterocycles. The van der Waals surface area contributed by atoms with Crippen LogP contribution < -0.4 is 5.30 Å². The summed E-state index contributed by atoms with van der Waals surface area (Å²) in [5.41, 5.74) is 4.23. The molecule has 3 rings (SSSR count). The van der Waals surface area contributed by atoms with E-state index in [0.29, 0.717) is 5.56 Å². The van der Waals surface area contributed by atoms with E-state index < -0.39 is 7.60 Å². The molecule has 0 heterocycles. The zero-order chi connectivity index (χ0) is 16.4. The van der Waals surface area contributed by atoms with E-state index in [1.165, 1.54) is 6.07 Å². The van der Waals surface area contributed by atoms with Crippen LogP contribution in [-0.4, -0.2) is 9.79 Å². The van der Waals surface area contributed by atoms with E-state index in [2.05, 4.69) is 0 Å². The molecule has 0 aliphatic heterocycles. The zero-order valence-electron chi connectivity index (χ0n) is 12.7. The molecule has 116 valence electrons. The van der Waals surface area contributed by atoms with Gasteiger partial charge in [0, 0.05) is 5.56 Å². The molecule has 23 heavy (non-hydrogen) atoms. The topological polar surface area (TPSA) is 57.5 Å². The van der Waals surface area contributed by atoms with Crippen LogP contribution in [0, 0.1) is 6.92 Å². The molecule has 0 spiro atoms. The molecule has 0 radical (unpaired) electrons. The second-order valence-corrected chi connectivity index (χ2v) is 7.05. The van der Waals surface area contributed by atoms with Gasteiger partial charge in [0.2, 0.25) is 0 Å². The Morgan fingerprint density at radius 3 is 2.00 bits per heavy atom. The van der Waals surface area contributed by atoms with Crippen molar-refractivity contribution in [2.24, 2.45) is 0 Å². The Labute approximate surface area is 135 Å². The molecule has 0 amide bonds. The van der Waals surface area contributed by atoms with Gasteiger partial charge in [-0.2, -0.15) is 0 Å². The van der Waals surface area contributed by atoms with Gasteiger partial charge in [0.05, 0.1) is 5.30 Å². The summed E-state index contributed by atoms with van der Waals surface area (Å²) in [4.78, 5) is 19.5. The van der Waals surface area contributed by atoms with Crippen LogP contribution in [0.2, 0.25) is 0 Å². The Hall–Kier alpha value is -2.19. The molecule has 0 aliphatic carbocycles. The fourth-order valence-electron chi connectivity index (χ4n) is 2.66. The number of hydrogen-bond donors (Lipinski definition) is 2. The summed E-state index contributed by atoms with van der Waals surface area (Å²) >= 11 is 0. The lowest BCUT2D eigenvalue weighted by molar-refractivity contribution is 0.387. The first-order chi connectivity index (χ1) is 11.0. The van der Waals surface area contributed by atoms with Crippen molar-refractivity contribution in [3.63, 3.8) is 0 Å². The number of benzene rings is 3. The van der Waals surface area contributed by atoms with E-state index in [1.807, 2.05) is 67.6 Å². The summed E-state index contributed by atoms with van der Waals surface area (Å²) < 4.78 is 12.0. The van der Waals surface area contributed by atoms with E-state index in [0.717, 1.165) is 22.3 Å². The average molecular weight is 324 g/mol. The van der Waals surface area contributed by atoms with Crippen molar-refractivity contribution >= 4 is 12.9 Å². The average Bonchev–Trinajstić information content (AvgIpc) is 2.55. The minimum Gasteiger partial charge on any atom is -0.321 e. The van der Waals surface area contributed by atoms with Gasteiger partial charge in [-0.3, -0.25) is 4.57 Å². The molecular formula is C19H17O3P. The van der Waals surface area contributed by atoms with Crippen molar-refractivity contribution in [3.05, 3.63) is 78.4 Å². The zero-order valence-corrected chi connectivity index (χ0v) is 13.6.